The largest absolute Gasteiger partial charge is 0.361 e. The van der Waals surface area contributed by atoms with Crippen molar-refractivity contribution in [2.24, 2.45) is 0 Å². The fourth-order valence-corrected chi connectivity index (χ4v) is 6.82. The van der Waals surface area contributed by atoms with Crippen LogP contribution in [0.4, 0.5) is 5.69 Å². The first kappa shape index (κ1) is 19.6. The van der Waals surface area contributed by atoms with Gasteiger partial charge in [-0.25, -0.2) is 8.42 Å². The van der Waals surface area contributed by atoms with Crippen LogP contribution in [0.1, 0.15) is 18.4 Å². The van der Waals surface area contributed by atoms with Crippen LogP contribution < -0.4 is 4.31 Å². The molecule has 3 heterocycles. The highest BCUT2D eigenvalue weighted by Crippen LogP contribution is 2.41. The van der Waals surface area contributed by atoms with Gasteiger partial charge in [0.15, 0.2) is 0 Å². The summed E-state index contributed by atoms with van der Waals surface area (Å²) < 4.78 is 27.8. The number of aromatic nitrogens is 1. The third-order valence-electron chi connectivity index (χ3n) is 6.73. The number of fused-ring (bicyclic) bond motifs is 1. The summed E-state index contributed by atoms with van der Waals surface area (Å²) in [6.07, 6.45) is 6.12. The molecule has 1 aromatic heterocycles. The van der Waals surface area contributed by atoms with Gasteiger partial charge in [0.25, 0.3) is 10.0 Å². The van der Waals surface area contributed by atoms with Gasteiger partial charge in [-0.15, -0.1) is 0 Å². The minimum absolute atomic E-state index is 0.440. The quantitative estimate of drug-likeness (QED) is 0.472. The van der Waals surface area contributed by atoms with Crippen molar-refractivity contribution in [2.45, 2.75) is 17.7 Å². The van der Waals surface area contributed by atoms with E-state index in [9.17, 15) is 8.42 Å². The number of nitrogens with one attached hydrogen (secondary N) is 1. The lowest BCUT2D eigenvalue weighted by Crippen LogP contribution is -2.34. The van der Waals surface area contributed by atoms with E-state index in [2.05, 4.69) is 40.2 Å². The second kappa shape index (κ2) is 7.50. The lowest BCUT2D eigenvalue weighted by Gasteiger charge is -2.27. The van der Waals surface area contributed by atoms with Gasteiger partial charge in [0, 0.05) is 43.3 Å². The van der Waals surface area contributed by atoms with Crippen molar-refractivity contribution in [1.82, 2.24) is 9.88 Å². The van der Waals surface area contributed by atoms with Gasteiger partial charge >= 0.3 is 0 Å². The number of H-pyrrole nitrogens is 1. The zero-order chi connectivity index (χ0) is 21.7. The van der Waals surface area contributed by atoms with Crippen LogP contribution >= 0.6 is 0 Å². The summed E-state index contributed by atoms with van der Waals surface area (Å²) in [4.78, 5) is 6.10. The third kappa shape index (κ3) is 3.14. The maximum atomic E-state index is 13.1. The summed E-state index contributed by atoms with van der Waals surface area (Å²) in [5, 5.41) is 3.09. The predicted molar refractivity (Wildman–Crippen MR) is 130 cm³/mol. The zero-order valence-corrected chi connectivity index (χ0v) is 18.6. The third-order valence-corrected chi connectivity index (χ3v) is 8.59. The summed E-state index contributed by atoms with van der Waals surface area (Å²) in [7, 11) is -3.46. The smallest absolute Gasteiger partial charge is 0.265 e. The van der Waals surface area contributed by atoms with Gasteiger partial charge in [0.05, 0.1) is 10.6 Å². The average molecular weight is 444 g/mol. The highest BCUT2D eigenvalue weighted by Gasteiger charge is 2.35. The van der Waals surface area contributed by atoms with Crippen LogP contribution in [-0.4, -0.2) is 44.5 Å². The van der Waals surface area contributed by atoms with E-state index in [0.29, 0.717) is 11.4 Å². The van der Waals surface area contributed by atoms with Crippen molar-refractivity contribution in [3.05, 3.63) is 78.5 Å². The molecule has 6 rings (SSSR count). The van der Waals surface area contributed by atoms with E-state index in [4.69, 9.17) is 0 Å². The molecule has 162 valence electrons. The number of nitrogens with zero attached hydrogens (tertiary/aromatic N) is 2. The Morgan fingerprint density at radius 2 is 1.81 bits per heavy atom. The lowest BCUT2D eigenvalue weighted by molar-refractivity contribution is 0.300. The molecule has 0 radical (unpaired) electrons. The van der Waals surface area contributed by atoms with Crippen molar-refractivity contribution in [1.29, 1.82) is 0 Å². The van der Waals surface area contributed by atoms with Crippen LogP contribution in [0.3, 0.4) is 0 Å². The van der Waals surface area contributed by atoms with E-state index >= 15 is 0 Å². The molecular weight excluding hydrogens is 418 g/mol. The first-order chi connectivity index (χ1) is 15.6. The van der Waals surface area contributed by atoms with Gasteiger partial charge in [0.1, 0.15) is 0 Å². The molecule has 0 atom stereocenters. The molecule has 0 spiro atoms. The minimum atomic E-state index is -3.46. The Kier molecular flexibility index (Phi) is 4.59. The van der Waals surface area contributed by atoms with E-state index in [1.807, 2.05) is 36.5 Å². The highest BCUT2D eigenvalue weighted by molar-refractivity contribution is 7.93. The van der Waals surface area contributed by atoms with E-state index in [-0.39, 0.29) is 0 Å². The fraction of sp³-hybridized carbons (Fsp3) is 0.231. The average Bonchev–Trinajstić information content (AvgIpc) is 3.37. The van der Waals surface area contributed by atoms with Gasteiger partial charge < -0.3 is 4.98 Å². The standard InChI is InChI=1S/C26H25N3O2S/c30-32(31)25-7-2-5-20-4-1-6-24(26(20)25)29(32)15-3-14-28-16-11-19(12-17-28)21-8-9-23-22(18-21)10-13-27-23/h1-2,4-11,13,18,27H,3,12,14-17H2. The van der Waals surface area contributed by atoms with Crippen LogP contribution in [0, 0.1) is 0 Å². The maximum Gasteiger partial charge on any atom is 0.265 e. The van der Waals surface area contributed by atoms with E-state index in [1.165, 1.54) is 22.0 Å². The van der Waals surface area contributed by atoms with Crippen LogP contribution in [0.5, 0.6) is 0 Å². The first-order valence-corrected chi connectivity index (χ1v) is 12.6. The fourth-order valence-electron chi connectivity index (χ4n) is 5.07. The summed E-state index contributed by atoms with van der Waals surface area (Å²) in [5.41, 5.74) is 4.68. The molecule has 0 amide bonds. The number of anilines is 1. The Morgan fingerprint density at radius 1 is 0.938 bits per heavy atom. The Bertz CT molecular complexity index is 1460. The first-order valence-electron chi connectivity index (χ1n) is 11.1. The van der Waals surface area contributed by atoms with Crippen molar-refractivity contribution in [2.75, 3.05) is 30.5 Å². The van der Waals surface area contributed by atoms with E-state index in [1.54, 1.807) is 10.4 Å². The Morgan fingerprint density at radius 3 is 2.66 bits per heavy atom. The van der Waals surface area contributed by atoms with Gasteiger partial charge in [-0.1, -0.05) is 36.4 Å². The van der Waals surface area contributed by atoms with Crippen molar-refractivity contribution >= 4 is 43.0 Å². The predicted octanol–water partition coefficient (Wildman–Crippen LogP) is 5.01. The van der Waals surface area contributed by atoms with Crippen molar-refractivity contribution in [3.8, 4) is 0 Å². The number of aromatic amines is 1. The van der Waals surface area contributed by atoms with E-state index < -0.39 is 10.0 Å². The molecule has 0 aliphatic carbocycles. The molecule has 0 bridgehead atoms. The zero-order valence-electron chi connectivity index (χ0n) is 17.8. The number of hydrogen-bond acceptors (Lipinski definition) is 3. The number of rotatable bonds is 5. The van der Waals surface area contributed by atoms with Gasteiger partial charge in [0.2, 0.25) is 0 Å². The van der Waals surface area contributed by atoms with Gasteiger partial charge in [-0.05, 0) is 65.1 Å². The Labute approximate surface area is 188 Å². The molecule has 2 aliphatic heterocycles. The number of benzene rings is 3. The second-order valence-corrected chi connectivity index (χ2v) is 10.5. The van der Waals surface area contributed by atoms with Gasteiger partial charge in [-0.2, -0.15) is 0 Å². The van der Waals surface area contributed by atoms with Crippen LogP contribution in [0.15, 0.2) is 77.8 Å². The highest BCUT2D eigenvalue weighted by atomic mass is 32.2. The monoisotopic (exact) mass is 443 g/mol. The summed E-state index contributed by atoms with van der Waals surface area (Å²) in [6.45, 7) is 3.30. The molecule has 32 heavy (non-hydrogen) atoms. The topological polar surface area (TPSA) is 56.4 Å². The Hall–Kier alpha value is -3.09. The normalized spacial score (nSPS) is 17.9. The molecule has 5 nitrogen and oxygen atoms in total. The molecule has 0 saturated heterocycles. The van der Waals surface area contributed by atoms with Crippen LogP contribution in [0.25, 0.3) is 27.2 Å². The molecule has 0 unspecified atom stereocenters. The van der Waals surface area contributed by atoms with Gasteiger partial charge in [-0.3, -0.25) is 9.21 Å². The summed E-state index contributed by atoms with van der Waals surface area (Å²) >= 11 is 0. The second-order valence-electron chi connectivity index (χ2n) is 8.62. The molecular formula is C26H25N3O2S. The lowest BCUT2D eigenvalue weighted by atomic mass is 9.98. The molecule has 0 saturated carbocycles. The van der Waals surface area contributed by atoms with E-state index in [0.717, 1.165) is 48.9 Å². The van der Waals surface area contributed by atoms with Crippen molar-refractivity contribution in [3.63, 3.8) is 0 Å². The molecule has 2 aliphatic rings. The summed E-state index contributed by atoms with van der Waals surface area (Å²) in [6, 6.07) is 20.1. The van der Waals surface area contributed by atoms with Crippen molar-refractivity contribution < 1.29 is 8.42 Å². The Balaban J connectivity index is 1.12. The number of sulfonamides is 1. The maximum absolute atomic E-state index is 13.1. The molecule has 6 heteroatoms. The molecule has 1 N–H and O–H groups in total. The number of hydrogen-bond donors (Lipinski definition) is 1. The SMILES string of the molecule is O=S1(=O)c2cccc3cccc(c23)N1CCCN1CC=C(c2ccc3[nH]ccc3c2)CC1. The minimum Gasteiger partial charge on any atom is -0.361 e. The van der Waals surface area contributed by atoms with Crippen LogP contribution in [0.2, 0.25) is 0 Å². The van der Waals surface area contributed by atoms with Crippen LogP contribution in [-0.2, 0) is 10.0 Å². The molecule has 3 aromatic carbocycles. The summed E-state index contributed by atoms with van der Waals surface area (Å²) in [5.74, 6) is 0. The molecule has 0 fully saturated rings. The molecule has 4 aromatic rings.